The van der Waals surface area contributed by atoms with Crippen LogP contribution < -0.4 is 10.6 Å². The van der Waals surface area contributed by atoms with Crippen molar-refractivity contribution in [3.8, 4) is 6.07 Å². The first-order valence-electron chi connectivity index (χ1n) is 8.96. The van der Waals surface area contributed by atoms with Crippen LogP contribution in [0.15, 0.2) is 0 Å². The van der Waals surface area contributed by atoms with Crippen molar-refractivity contribution in [2.24, 2.45) is 23.2 Å². The van der Waals surface area contributed by atoms with Crippen LogP contribution in [0, 0.1) is 34.5 Å². The molecule has 3 rings (SSSR count). The van der Waals surface area contributed by atoms with Crippen molar-refractivity contribution in [3.63, 3.8) is 0 Å². The van der Waals surface area contributed by atoms with E-state index in [1.807, 2.05) is 6.07 Å². The number of hydrogen-bond acceptors (Lipinski definition) is 4. The number of nitriles is 1. The van der Waals surface area contributed by atoms with Gasteiger partial charge in [-0.3, -0.25) is 14.4 Å². The minimum Gasteiger partial charge on any atom is -0.344 e. The molecule has 0 aromatic heterocycles. The number of hydrogen-bond donors (Lipinski definition) is 2. The maximum absolute atomic E-state index is 13.1. The maximum atomic E-state index is 13.1. The summed E-state index contributed by atoms with van der Waals surface area (Å²) in [5.41, 5.74) is 0.0255. The molecule has 3 fully saturated rings. The highest BCUT2D eigenvalue weighted by Crippen LogP contribution is 2.65. The van der Waals surface area contributed by atoms with E-state index in [9.17, 15) is 14.4 Å². The molecule has 0 radical (unpaired) electrons. The Kier molecular flexibility index (Phi) is 4.26. The van der Waals surface area contributed by atoms with Crippen molar-refractivity contribution in [1.82, 2.24) is 15.5 Å². The van der Waals surface area contributed by atoms with Gasteiger partial charge < -0.3 is 15.5 Å². The lowest BCUT2D eigenvalue weighted by Gasteiger charge is -2.33. The second-order valence-corrected chi connectivity index (χ2v) is 8.26. The standard InChI is InChI=1S/C18H26N4O3/c1-9(7-19)20-16(24)15-13-12(18(13,3)4)8-22(15)17(25)14(11-5-6-11)21-10(2)23/h9,11-15H,5-6,8H2,1-4H3,(H,20,24)(H,21,23)/t9-,12-,13-,14-,15?/m0/s1. The molecule has 136 valence electrons. The molecule has 0 bridgehead atoms. The number of piperidine rings is 1. The van der Waals surface area contributed by atoms with Gasteiger partial charge in [-0.05, 0) is 42.9 Å². The van der Waals surface area contributed by atoms with Gasteiger partial charge in [-0.1, -0.05) is 13.8 Å². The van der Waals surface area contributed by atoms with E-state index in [2.05, 4.69) is 24.5 Å². The normalized spacial score (nSPS) is 31.3. The first-order valence-corrected chi connectivity index (χ1v) is 8.96. The SMILES string of the molecule is CC(=O)N[C@H](C(=O)N1C[C@H]2[C@@H](C1C(=O)N[C@@H](C)C#N)C2(C)C)C1CC1. The number of carbonyl (C=O) groups excluding carboxylic acids is 3. The largest absolute Gasteiger partial charge is 0.344 e. The smallest absolute Gasteiger partial charge is 0.246 e. The molecule has 3 amide bonds. The Morgan fingerprint density at radius 1 is 1.24 bits per heavy atom. The van der Waals surface area contributed by atoms with Crippen LogP contribution >= 0.6 is 0 Å². The summed E-state index contributed by atoms with van der Waals surface area (Å²) in [6, 6.07) is 0.303. The highest BCUT2D eigenvalue weighted by atomic mass is 16.2. The molecule has 1 aliphatic heterocycles. The van der Waals surface area contributed by atoms with Crippen LogP contribution in [-0.4, -0.2) is 47.3 Å². The number of carbonyl (C=O) groups is 3. The number of rotatable bonds is 5. The average molecular weight is 346 g/mol. The van der Waals surface area contributed by atoms with E-state index in [0.717, 1.165) is 12.8 Å². The Morgan fingerprint density at radius 3 is 2.40 bits per heavy atom. The third-order valence-corrected chi connectivity index (χ3v) is 6.03. The fourth-order valence-electron chi connectivity index (χ4n) is 4.35. The first-order chi connectivity index (χ1) is 11.7. The van der Waals surface area contributed by atoms with Crippen LogP contribution in [0.25, 0.3) is 0 Å². The van der Waals surface area contributed by atoms with Crippen molar-refractivity contribution in [2.45, 2.75) is 58.7 Å². The van der Waals surface area contributed by atoms with E-state index in [1.165, 1.54) is 6.92 Å². The zero-order valence-electron chi connectivity index (χ0n) is 15.2. The second-order valence-electron chi connectivity index (χ2n) is 8.26. The van der Waals surface area contributed by atoms with Gasteiger partial charge in [0.25, 0.3) is 0 Å². The fourth-order valence-corrected chi connectivity index (χ4v) is 4.35. The highest BCUT2D eigenvalue weighted by molar-refractivity contribution is 5.93. The molecule has 1 saturated heterocycles. The van der Waals surface area contributed by atoms with E-state index in [1.54, 1.807) is 11.8 Å². The molecule has 0 aromatic rings. The average Bonchev–Trinajstić information content (AvgIpc) is 3.40. The van der Waals surface area contributed by atoms with Crippen LogP contribution in [0.5, 0.6) is 0 Å². The lowest BCUT2D eigenvalue weighted by molar-refractivity contribution is -0.143. The Labute approximate surface area is 148 Å². The summed E-state index contributed by atoms with van der Waals surface area (Å²) in [7, 11) is 0. The molecular weight excluding hydrogens is 320 g/mol. The van der Waals surface area contributed by atoms with Gasteiger partial charge in [-0.15, -0.1) is 0 Å². The molecule has 0 aromatic carbocycles. The lowest BCUT2D eigenvalue weighted by atomic mass is 9.99. The topological polar surface area (TPSA) is 102 Å². The molecule has 2 saturated carbocycles. The van der Waals surface area contributed by atoms with Crippen molar-refractivity contribution >= 4 is 17.7 Å². The van der Waals surface area contributed by atoms with Crippen LogP contribution in [0.1, 0.15) is 40.5 Å². The van der Waals surface area contributed by atoms with Crippen LogP contribution in [0.3, 0.4) is 0 Å². The quantitative estimate of drug-likeness (QED) is 0.753. The van der Waals surface area contributed by atoms with Gasteiger partial charge in [0.05, 0.1) is 6.07 Å². The Hall–Kier alpha value is -2.10. The molecule has 3 aliphatic rings. The Bertz CT molecular complexity index is 649. The van der Waals surface area contributed by atoms with Crippen molar-refractivity contribution in [3.05, 3.63) is 0 Å². The molecule has 2 aliphatic carbocycles. The summed E-state index contributed by atoms with van der Waals surface area (Å²) in [5, 5.41) is 14.4. The lowest BCUT2D eigenvalue weighted by Crippen LogP contribution is -2.57. The minimum absolute atomic E-state index is 0.0255. The second kappa shape index (κ2) is 6.01. The van der Waals surface area contributed by atoms with Gasteiger partial charge in [0.2, 0.25) is 17.7 Å². The monoisotopic (exact) mass is 346 g/mol. The van der Waals surface area contributed by atoms with Gasteiger partial charge in [0.1, 0.15) is 18.1 Å². The van der Waals surface area contributed by atoms with Gasteiger partial charge in [0, 0.05) is 13.5 Å². The summed E-state index contributed by atoms with van der Waals surface area (Å²) >= 11 is 0. The first kappa shape index (κ1) is 17.7. The molecule has 7 heteroatoms. The number of nitrogens with zero attached hydrogens (tertiary/aromatic N) is 2. The number of likely N-dealkylation sites (tertiary alicyclic amines) is 1. The van der Waals surface area contributed by atoms with Gasteiger partial charge in [-0.25, -0.2) is 0 Å². The zero-order valence-corrected chi connectivity index (χ0v) is 15.2. The Morgan fingerprint density at radius 2 is 1.88 bits per heavy atom. The summed E-state index contributed by atoms with van der Waals surface area (Å²) in [5.74, 6) is -0.0817. The minimum atomic E-state index is -0.597. The van der Waals surface area contributed by atoms with E-state index >= 15 is 0 Å². The van der Waals surface area contributed by atoms with E-state index < -0.39 is 18.1 Å². The number of nitrogens with one attached hydrogen (secondary N) is 2. The van der Waals surface area contributed by atoms with E-state index in [-0.39, 0.29) is 35.0 Å². The van der Waals surface area contributed by atoms with Crippen LogP contribution in [-0.2, 0) is 14.4 Å². The molecule has 1 unspecified atom stereocenters. The number of fused-ring (bicyclic) bond motifs is 1. The molecule has 1 heterocycles. The fraction of sp³-hybridized carbons (Fsp3) is 0.778. The zero-order chi connectivity index (χ0) is 18.5. The highest BCUT2D eigenvalue weighted by Gasteiger charge is 2.69. The molecular formula is C18H26N4O3. The predicted octanol–water partition coefficient (Wildman–Crippen LogP) is 0.412. The van der Waals surface area contributed by atoms with Crippen LogP contribution in [0.4, 0.5) is 0 Å². The van der Waals surface area contributed by atoms with Gasteiger partial charge in [0.15, 0.2) is 0 Å². The summed E-state index contributed by atoms with van der Waals surface area (Å²) in [4.78, 5) is 38.9. The third kappa shape index (κ3) is 3.10. The molecule has 0 spiro atoms. The summed E-state index contributed by atoms with van der Waals surface area (Å²) < 4.78 is 0. The molecule has 25 heavy (non-hydrogen) atoms. The summed E-state index contributed by atoms with van der Waals surface area (Å²) in [6.07, 6.45) is 1.84. The Balaban J connectivity index is 1.79. The third-order valence-electron chi connectivity index (χ3n) is 6.03. The molecule has 5 atom stereocenters. The molecule has 2 N–H and O–H groups in total. The summed E-state index contributed by atoms with van der Waals surface area (Å²) in [6.45, 7) is 7.80. The van der Waals surface area contributed by atoms with Crippen LogP contribution in [0.2, 0.25) is 0 Å². The van der Waals surface area contributed by atoms with Gasteiger partial charge >= 0.3 is 0 Å². The van der Waals surface area contributed by atoms with E-state index in [4.69, 9.17) is 5.26 Å². The maximum Gasteiger partial charge on any atom is 0.246 e. The van der Waals surface area contributed by atoms with E-state index in [0.29, 0.717) is 12.5 Å². The predicted molar refractivity (Wildman–Crippen MR) is 89.8 cm³/mol. The van der Waals surface area contributed by atoms with Crippen molar-refractivity contribution in [2.75, 3.05) is 6.54 Å². The van der Waals surface area contributed by atoms with Crippen molar-refractivity contribution < 1.29 is 14.4 Å². The van der Waals surface area contributed by atoms with Crippen molar-refractivity contribution in [1.29, 1.82) is 5.26 Å². The number of amides is 3. The molecule has 7 nitrogen and oxygen atoms in total. The van der Waals surface area contributed by atoms with Gasteiger partial charge in [-0.2, -0.15) is 5.26 Å².